The van der Waals surface area contributed by atoms with Gasteiger partial charge in [-0.1, -0.05) is 0 Å². The van der Waals surface area contributed by atoms with Crippen LogP contribution in [0.2, 0.25) is 0 Å². The smallest absolute Gasteiger partial charge is 0.416 e. The number of aliphatic hydroxyl groups excluding tert-OH is 1. The largest absolute Gasteiger partial charge is 0.465 e. The predicted octanol–water partition coefficient (Wildman–Crippen LogP) is 1.63. The summed E-state index contributed by atoms with van der Waals surface area (Å²) in [5.74, 6) is -0.133. The number of aromatic amines is 1. The van der Waals surface area contributed by atoms with Crippen molar-refractivity contribution in [3.8, 4) is 5.88 Å². The average molecular weight is 613 g/mol. The van der Waals surface area contributed by atoms with Gasteiger partial charge < -0.3 is 34.7 Å². The molecule has 5 heterocycles. The first-order valence-corrected chi connectivity index (χ1v) is 14.8. The van der Waals surface area contributed by atoms with Crippen molar-refractivity contribution in [3.63, 3.8) is 0 Å². The molecule has 3 aromatic rings. The van der Waals surface area contributed by atoms with Gasteiger partial charge in [-0.25, -0.2) is 28.5 Å². The first kappa shape index (κ1) is 28.8. The summed E-state index contributed by atoms with van der Waals surface area (Å²) in [5, 5.41) is 12.2. The number of aliphatic hydroxyl groups is 1. The van der Waals surface area contributed by atoms with Gasteiger partial charge in [-0.15, -0.1) is 0 Å². The third-order valence-electron chi connectivity index (χ3n) is 9.28. The van der Waals surface area contributed by atoms with Crippen molar-refractivity contribution in [1.29, 1.82) is 0 Å². The second kappa shape index (κ2) is 10.9. The lowest BCUT2D eigenvalue weighted by atomic mass is 9.90. The molecule has 2 atom stereocenters. The Hall–Kier alpha value is -3.95. The van der Waals surface area contributed by atoms with E-state index in [9.17, 15) is 14.7 Å². The van der Waals surface area contributed by atoms with Crippen molar-refractivity contribution in [3.05, 3.63) is 34.8 Å². The number of ether oxygens (including phenoxy) is 2. The maximum absolute atomic E-state index is 15.6. The summed E-state index contributed by atoms with van der Waals surface area (Å²) in [6, 6.07) is -0.214. The number of hydrogen-bond acceptors (Lipinski definition) is 10. The van der Waals surface area contributed by atoms with Crippen molar-refractivity contribution in [2.24, 2.45) is 5.92 Å². The van der Waals surface area contributed by atoms with Gasteiger partial charge in [0.15, 0.2) is 29.9 Å². The highest BCUT2D eigenvalue weighted by molar-refractivity contribution is 5.94. The molecule has 15 heteroatoms. The third-order valence-corrected chi connectivity index (χ3v) is 9.28. The summed E-state index contributed by atoms with van der Waals surface area (Å²) in [6.07, 6.45) is 3.32. The number of piperidine rings is 1. The van der Waals surface area contributed by atoms with E-state index in [0.29, 0.717) is 75.2 Å². The molecular weight excluding hydrogens is 578 g/mol. The van der Waals surface area contributed by atoms with E-state index < -0.39 is 23.3 Å². The molecule has 2 saturated heterocycles. The van der Waals surface area contributed by atoms with Crippen LogP contribution in [0.1, 0.15) is 29.8 Å². The number of halogens is 2. The monoisotopic (exact) mass is 612 g/mol. The van der Waals surface area contributed by atoms with Crippen LogP contribution < -0.4 is 15.0 Å². The quantitative estimate of drug-likeness (QED) is 0.360. The Kier molecular flexibility index (Phi) is 7.13. The Morgan fingerprint density at radius 2 is 1.91 bits per heavy atom. The molecule has 7 rings (SSSR count). The summed E-state index contributed by atoms with van der Waals surface area (Å²) < 4.78 is 42.3. The molecule has 2 amide bonds. The molecule has 1 aromatic carbocycles. The summed E-state index contributed by atoms with van der Waals surface area (Å²) >= 11 is 0. The zero-order valence-corrected chi connectivity index (χ0v) is 24.5. The van der Waals surface area contributed by atoms with E-state index in [-0.39, 0.29) is 59.6 Å². The molecule has 3 aliphatic heterocycles. The van der Waals surface area contributed by atoms with Crippen molar-refractivity contribution in [2.75, 3.05) is 63.7 Å². The molecule has 3 N–H and O–H groups in total. The molecule has 13 nitrogen and oxygen atoms in total. The maximum Gasteiger partial charge on any atom is 0.416 e. The molecule has 0 bridgehead atoms. The first-order chi connectivity index (χ1) is 21.1. The lowest BCUT2D eigenvalue weighted by molar-refractivity contribution is -0.118. The van der Waals surface area contributed by atoms with Gasteiger partial charge in [-0.3, -0.25) is 9.69 Å². The van der Waals surface area contributed by atoms with Crippen molar-refractivity contribution in [1.82, 2.24) is 29.7 Å². The average Bonchev–Trinajstić information content (AvgIpc) is 3.71. The number of fused-ring (bicyclic) bond motifs is 3. The Bertz CT molecular complexity index is 1590. The minimum absolute atomic E-state index is 0.0124. The second-order valence-corrected chi connectivity index (χ2v) is 12.4. The zero-order chi connectivity index (χ0) is 30.7. The number of carbonyl (C=O) groups excluding carboxylic acids is 2. The normalized spacial score (nSPS) is 20.6. The van der Waals surface area contributed by atoms with Crippen LogP contribution in [-0.2, 0) is 28.8 Å². The molecule has 1 spiro atoms. The maximum atomic E-state index is 15.6. The number of nitrogens with zero attached hydrogens (tertiary/aromatic N) is 6. The van der Waals surface area contributed by atoms with Gasteiger partial charge in [0, 0.05) is 44.9 Å². The van der Waals surface area contributed by atoms with Crippen molar-refractivity contribution < 1.29 is 33.0 Å². The fourth-order valence-electron chi connectivity index (χ4n) is 6.79. The lowest BCUT2D eigenvalue weighted by Crippen LogP contribution is -2.48. The minimum Gasteiger partial charge on any atom is -0.465 e. The summed E-state index contributed by atoms with van der Waals surface area (Å²) in [5.41, 5.74) is 0.219. The molecule has 1 aliphatic carbocycles. The molecule has 234 valence electrons. The number of H-pyrrole nitrogens is 1. The number of carbonyl (C=O) groups is 2. The van der Waals surface area contributed by atoms with Gasteiger partial charge in [0.25, 0.3) is 11.8 Å². The van der Waals surface area contributed by atoms with Crippen LogP contribution in [-0.4, -0.2) is 112 Å². The van der Waals surface area contributed by atoms with Gasteiger partial charge >= 0.3 is 6.09 Å². The number of hydrogen-bond donors (Lipinski definition) is 3. The highest BCUT2D eigenvalue weighted by atomic mass is 19.1. The predicted molar refractivity (Wildman–Crippen MR) is 154 cm³/mol. The van der Waals surface area contributed by atoms with Gasteiger partial charge in [0.1, 0.15) is 22.5 Å². The van der Waals surface area contributed by atoms with Gasteiger partial charge in [-0.2, -0.15) is 0 Å². The van der Waals surface area contributed by atoms with Crippen LogP contribution in [0, 0.1) is 17.6 Å². The first-order valence-electron chi connectivity index (χ1n) is 14.8. The summed E-state index contributed by atoms with van der Waals surface area (Å²) in [7, 11) is 3.67. The van der Waals surface area contributed by atoms with Crippen LogP contribution in [0.5, 0.6) is 5.88 Å². The SMILES string of the molecule is CN(C)[C@H](CO)Cc1nc2c(F)c3c(c(F)c2[nH]1)CC(CN1CCC2(CC1)CN(c1cnc4c(n1)NC(=O)CO4)C(=O)O2)C3. The minimum atomic E-state index is -0.675. The van der Waals surface area contributed by atoms with E-state index in [0.717, 1.165) is 0 Å². The van der Waals surface area contributed by atoms with Crippen LogP contribution in [0.15, 0.2) is 6.20 Å². The van der Waals surface area contributed by atoms with Crippen molar-refractivity contribution in [2.45, 2.75) is 43.7 Å². The summed E-state index contributed by atoms with van der Waals surface area (Å²) in [4.78, 5) is 45.9. The zero-order valence-electron chi connectivity index (χ0n) is 24.5. The molecule has 0 saturated carbocycles. The number of rotatable bonds is 7. The number of aromatic nitrogens is 4. The van der Waals surface area contributed by atoms with E-state index in [1.807, 2.05) is 19.0 Å². The molecule has 2 fully saturated rings. The number of anilines is 2. The van der Waals surface area contributed by atoms with E-state index in [4.69, 9.17) is 9.47 Å². The molecule has 2 aromatic heterocycles. The van der Waals surface area contributed by atoms with Crippen LogP contribution in [0.25, 0.3) is 11.0 Å². The number of likely N-dealkylation sites (tertiary alicyclic amines) is 1. The summed E-state index contributed by atoms with van der Waals surface area (Å²) in [6.45, 7) is 2.09. The molecule has 0 radical (unpaired) electrons. The third kappa shape index (κ3) is 5.02. The highest BCUT2D eigenvalue weighted by Gasteiger charge is 2.48. The van der Waals surface area contributed by atoms with E-state index in [1.165, 1.54) is 11.1 Å². The van der Waals surface area contributed by atoms with E-state index >= 15 is 8.78 Å². The van der Waals surface area contributed by atoms with Gasteiger partial charge in [-0.05, 0) is 44.0 Å². The van der Waals surface area contributed by atoms with Gasteiger partial charge in [0.05, 0.1) is 19.3 Å². The Morgan fingerprint density at radius 3 is 2.64 bits per heavy atom. The van der Waals surface area contributed by atoms with Crippen molar-refractivity contribution >= 4 is 34.7 Å². The number of nitrogens with one attached hydrogen (secondary N) is 2. The Labute approximate surface area is 251 Å². The number of likely N-dealkylation sites (N-methyl/N-ethyl adjacent to an activating group) is 1. The van der Waals surface area contributed by atoms with Gasteiger partial charge in [0.2, 0.25) is 0 Å². The lowest BCUT2D eigenvalue weighted by Gasteiger charge is -2.38. The fourth-order valence-corrected chi connectivity index (χ4v) is 6.79. The molecule has 1 unspecified atom stereocenters. The highest BCUT2D eigenvalue weighted by Crippen LogP contribution is 2.39. The molecule has 44 heavy (non-hydrogen) atoms. The number of imidazole rings is 1. The Morgan fingerprint density at radius 1 is 1.16 bits per heavy atom. The van der Waals surface area contributed by atoms with E-state index in [2.05, 4.69) is 30.2 Å². The number of benzene rings is 1. The van der Waals surface area contributed by atoms with Crippen LogP contribution in [0.4, 0.5) is 25.2 Å². The standard InChI is InChI=1S/C29H34F2N8O5/c1-37(2)16(12-40)9-19-33-24-22(30)17-7-15(8-18(17)23(31)25(24)34-19)11-38-5-3-29(4-6-38)14-39(28(42)44-29)20-10-32-27-26(35-20)36-21(41)13-43-27/h10,15-16,40H,3-9,11-14H2,1-2H3,(H,33,34)(H,35,36,41)/t16-/m0/s1. The molecular formula is C29H34F2N8O5. The topological polar surface area (TPSA) is 149 Å². The van der Waals surface area contributed by atoms with Crippen LogP contribution >= 0.6 is 0 Å². The molecule has 4 aliphatic rings. The van der Waals surface area contributed by atoms with Crippen LogP contribution in [0.3, 0.4) is 0 Å². The van der Waals surface area contributed by atoms with E-state index in [1.54, 1.807) is 0 Å². The fraction of sp³-hybridized carbons (Fsp3) is 0.552. The second-order valence-electron chi connectivity index (χ2n) is 12.4. The Balaban J connectivity index is 0.985. The number of amides is 2.